The van der Waals surface area contributed by atoms with Gasteiger partial charge < -0.3 is 11.5 Å². The molecule has 0 atom stereocenters. The lowest BCUT2D eigenvalue weighted by Crippen LogP contribution is -2.11. The van der Waals surface area contributed by atoms with Crippen molar-refractivity contribution < 1.29 is 17.0 Å². The summed E-state index contributed by atoms with van der Waals surface area (Å²) < 4.78 is 40.9. The summed E-state index contributed by atoms with van der Waals surface area (Å²) in [6.45, 7) is 2.40. The van der Waals surface area contributed by atoms with Gasteiger partial charge >= 0.3 is 0 Å². The van der Waals surface area contributed by atoms with Crippen LogP contribution in [0.3, 0.4) is 0 Å². The van der Waals surface area contributed by atoms with E-state index in [1.54, 1.807) is 0 Å². The Morgan fingerprint density at radius 1 is 0.606 bits per heavy atom. The van der Waals surface area contributed by atoms with Crippen molar-refractivity contribution in [2.24, 2.45) is 0 Å². The number of nitrogens with one attached hydrogen (secondary N) is 1. The monoisotopic (exact) mass is 498 g/mol. The molecule has 4 N–H and O–H groups in total. The van der Waals surface area contributed by atoms with Crippen LogP contribution >= 0.6 is 0 Å². The quantitative estimate of drug-likeness (QED) is 0.104. The van der Waals surface area contributed by atoms with Gasteiger partial charge in [0.25, 0.3) is 10.1 Å². The van der Waals surface area contributed by atoms with E-state index in [4.69, 9.17) is 4.18 Å². The lowest BCUT2D eigenvalue weighted by atomic mass is 10.1. The third kappa shape index (κ3) is 36.5. The zero-order valence-electron chi connectivity index (χ0n) is 22.5. The lowest BCUT2D eigenvalue weighted by Gasteiger charge is -2.06. The van der Waals surface area contributed by atoms with Crippen molar-refractivity contribution in [1.82, 2.24) is 11.5 Å². The average Bonchev–Trinajstić information content (AvgIpc) is 2.76. The number of halogens is 1. The highest BCUT2D eigenvalue weighted by atomic mass is 32.2. The van der Waals surface area contributed by atoms with Crippen molar-refractivity contribution in [3.8, 4) is 0 Å². The molecular formula is C26H59FN2O3S. The molecule has 0 aromatic rings. The second-order valence-corrected chi connectivity index (χ2v) is 10.7. The van der Waals surface area contributed by atoms with Gasteiger partial charge in [0, 0.05) is 0 Å². The van der Waals surface area contributed by atoms with E-state index in [0.29, 0.717) is 19.4 Å². The summed E-state index contributed by atoms with van der Waals surface area (Å²) in [6, 6.07) is 0. The first-order valence-electron chi connectivity index (χ1n) is 13.6. The van der Waals surface area contributed by atoms with Gasteiger partial charge in [-0.1, -0.05) is 116 Å². The summed E-state index contributed by atoms with van der Waals surface area (Å²) in [7, 11) is 0.413. The number of hydrogen-bond acceptors (Lipinski definition) is 5. The Balaban J connectivity index is -0.00000212. The zero-order valence-corrected chi connectivity index (χ0v) is 23.3. The molecule has 0 bridgehead atoms. The molecule has 7 heteroatoms. The van der Waals surface area contributed by atoms with Crippen LogP contribution < -0.4 is 11.5 Å². The maximum absolute atomic E-state index is 12.0. The van der Waals surface area contributed by atoms with E-state index < -0.39 is 10.1 Å². The second-order valence-electron chi connectivity index (χ2n) is 8.99. The van der Waals surface area contributed by atoms with Crippen molar-refractivity contribution in [2.45, 2.75) is 135 Å². The van der Waals surface area contributed by atoms with Crippen LogP contribution in [0.4, 0.5) is 4.39 Å². The van der Waals surface area contributed by atoms with Gasteiger partial charge in [-0.3, -0.25) is 8.57 Å². The Morgan fingerprint density at radius 2 is 0.939 bits per heavy atom. The molecule has 0 spiro atoms. The van der Waals surface area contributed by atoms with Crippen molar-refractivity contribution in [3.63, 3.8) is 0 Å². The van der Waals surface area contributed by atoms with E-state index >= 15 is 0 Å². The molecule has 0 radical (unpaired) electrons. The van der Waals surface area contributed by atoms with Gasteiger partial charge in [0.15, 0.2) is 0 Å². The van der Waals surface area contributed by atoms with Crippen molar-refractivity contribution in [1.29, 1.82) is 0 Å². The highest BCUT2D eigenvalue weighted by Gasteiger charge is 2.10. The minimum absolute atomic E-state index is 0. The van der Waals surface area contributed by atoms with Crippen LogP contribution in [0.15, 0.2) is 0 Å². The fourth-order valence-electron chi connectivity index (χ4n) is 3.62. The highest BCUT2D eigenvalue weighted by Crippen LogP contribution is 2.13. The normalized spacial score (nSPS) is 11.0. The molecule has 0 aromatic heterocycles. The number of hydrogen-bond donors (Lipinski definition) is 2. The summed E-state index contributed by atoms with van der Waals surface area (Å²) in [5.41, 5.74) is 0. The van der Waals surface area contributed by atoms with E-state index in [1.807, 2.05) is 14.1 Å². The van der Waals surface area contributed by atoms with Gasteiger partial charge in [0.2, 0.25) is 0 Å². The third-order valence-electron chi connectivity index (χ3n) is 5.54. The first kappa shape index (κ1) is 37.3. The first-order chi connectivity index (χ1) is 15.5. The van der Waals surface area contributed by atoms with E-state index in [0.717, 1.165) is 44.9 Å². The Morgan fingerprint density at radius 3 is 1.33 bits per heavy atom. The Kier molecular flexibility index (Phi) is 35.9. The number of unbranched alkanes of at least 4 members (excludes halogenated alkanes) is 18. The van der Waals surface area contributed by atoms with Gasteiger partial charge in [0.1, 0.15) is 0 Å². The standard InChI is InChI=1S/C24H49FO3S.C2H7N.H3N/c1-2-3-4-5-6-7-8-11-14-17-20-23-28-29(26,27)24-21-18-15-12-9-10-13-16-19-22-25;1-3-2;/h2-24H2,1H3;3H,1-2H3;1H3. The van der Waals surface area contributed by atoms with Crippen molar-refractivity contribution in [2.75, 3.05) is 33.1 Å². The molecule has 0 amide bonds. The van der Waals surface area contributed by atoms with Gasteiger partial charge in [-0.15, -0.1) is 0 Å². The minimum atomic E-state index is -3.34. The van der Waals surface area contributed by atoms with E-state index in [1.165, 1.54) is 70.6 Å². The van der Waals surface area contributed by atoms with E-state index in [-0.39, 0.29) is 18.6 Å². The molecule has 0 fully saturated rings. The third-order valence-corrected chi connectivity index (χ3v) is 6.85. The highest BCUT2D eigenvalue weighted by molar-refractivity contribution is 7.86. The molecule has 33 heavy (non-hydrogen) atoms. The second kappa shape index (κ2) is 31.8. The molecule has 0 rings (SSSR count). The maximum atomic E-state index is 12.0. The maximum Gasteiger partial charge on any atom is 0.267 e. The summed E-state index contributed by atoms with van der Waals surface area (Å²) in [4.78, 5) is 0. The molecule has 0 aromatic carbocycles. The largest absolute Gasteiger partial charge is 0.344 e. The molecule has 0 aliphatic rings. The molecule has 0 aliphatic heterocycles. The Hall–Kier alpha value is -0.240. The van der Waals surface area contributed by atoms with Crippen LogP contribution in [0.1, 0.15) is 135 Å². The molecule has 0 aliphatic carbocycles. The first-order valence-corrected chi connectivity index (χ1v) is 15.1. The summed E-state index contributed by atoms with van der Waals surface area (Å²) in [5.74, 6) is 0.154. The van der Waals surface area contributed by atoms with Crippen LogP contribution in [0, 0.1) is 0 Å². The molecule has 0 saturated heterocycles. The Bertz CT molecular complexity index is 437. The van der Waals surface area contributed by atoms with E-state index in [9.17, 15) is 12.8 Å². The van der Waals surface area contributed by atoms with Crippen LogP contribution in [0.5, 0.6) is 0 Å². The fourth-order valence-corrected chi connectivity index (χ4v) is 4.67. The SMILES string of the molecule is CCCCCCCCCCCCCOS(=O)(=O)CCCCCCCCCCCF.CNC.N. The topological polar surface area (TPSA) is 90.4 Å². The predicted octanol–water partition coefficient (Wildman–Crippen LogP) is 8.12. The van der Waals surface area contributed by atoms with Crippen molar-refractivity contribution >= 4 is 10.1 Å². The average molecular weight is 499 g/mol. The van der Waals surface area contributed by atoms with Gasteiger partial charge in [-0.25, -0.2) is 0 Å². The smallest absolute Gasteiger partial charge is 0.267 e. The molecule has 0 saturated carbocycles. The van der Waals surface area contributed by atoms with Gasteiger partial charge in [-0.05, 0) is 33.4 Å². The van der Waals surface area contributed by atoms with E-state index in [2.05, 4.69) is 12.2 Å². The van der Waals surface area contributed by atoms with Gasteiger partial charge in [-0.2, -0.15) is 8.42 Å². The molecule has 5 nitrogen and oxygen atoms in total. The van der Waals surface area contributed by atoms with Crippen molar-refractivity contribution in [3.05, 3.63) is 0 Å². The molecular weight excluding hydrogens is 439 g/mol. The van der Waals surface area contributed by atoms with Crippen LogP contribution in [0.25, 0.3) is 0 Å². The molecule has 0 heterocycles. The molecule has 204 valence electrons. The number of rotatable bonds is 24. The Labute approximate surface area is 207 Å². The minimum Gasteiger partial charge on any atom is -0.344 e. The zero-order chi connectivity index (χ0) is 24.2. The van der Waals surface area contributed by atoms with Crippen LogP contribution in [0.2, 0.25) is 0 Å². The van der Waals surface area contributed by atoms with Gasteiger partial charge in [0.05, 0.1) is 19.0 Å². The van der Waals surface area contributed by atoms with Crippen LogP contribution in [-0.2, 0) is 14.3 Å². The molecule has 0 unspecified atom stereocenters. The summed E-state index contributed by atoms with van der Waals surface area (Å²) in [5, 5.41) is 2.75. The predicted molar refractivity (Wildman–Crippen MR) is 144 cm³/mol. The fraction of sp³-hybridized carbons (Fsp3) is 1.00. The number of alkyl halides is 1. The summed E-state index contributed by atoms with van der Waals surface area (Å²) >= 11 is 0. The lowest BCUT2D eigenvalue weighted by molar-refractivity contribution is 0.305. The van der Waals surface area contributed by atoms with Crippen LogP contribution in [-0.4, -0.2) is 41.5 Å². The summed E-state index contributed by atoms with van der Waals surface area (Å²) in [6.07, 6.45) is 22.8.